The minimum Gasteiger partial charge on any atom is -0.387 e. The Kier molecular flexibility index (Phi) is 4.66. The van der Waals surface area contributed by atoms with Gasteiger partial charge in [-0.15, -0.1) is 0 Å². The van der Waals surface area contributed by atoms with Crippen molar-refractivity contribution in [3.8, 4) is 0 Å². The van der Waals surface area contributed by atoms with E-state index >= 15 is 0 Å². The van der Waals surface area contributed by atoms with Gasteiger partial charge in [-0.2, -0.15) is 5.10 Å². The molecule has 0 saturated carbocycles. The first kappa shape index (κ1) is 17.6. The molecule has 2 N–H and O–H groups in total. The van der Waals surface area contributed by atoms with Gasteiger partial charge >= 0.3 is 5.69 Å². The second-order valence-corrected chi connectivity index (χ2v) is 6.99. The molecule has 2 aromatic heterocycles. The Morgan fingerprint density at radius 1 is 1.44 bits per heavy atom. The third kappa shape index (κ3) is 3.59. The summed E-state index contributed by atoms with van der Waals surface area (Å²) in [6, 6.07) is 0.944. The fourth-order valence-electron chi connectivity index (χ4n) is 3.62. The second-order valence-electron chi connectivity index (χ2n) is 6.99. The fraction of sp³-hybridized carbons (Fsp3) is 0.588. The van der Waals surface area contributed by atoms with Crippen LogP contribution in [0.5, 0.6) is 0 Å². The average Bonchev–Trinajstić information content (AvgIpc) is 2.88. The molecule has 1 fully saturated rings. The SMILES string of the molecule is CCn1cc(CN2CC[C@@H](n3ccc(=O)[nH]c3=O)[C@](C)(O)C2)c(C)n1. The number of aromatic nitrogens is 4. The lowest BCUT2D eigenvalue weighted by atomic mass is 9.88. The third-order valence-corrected chi connectivity index (χ3v) is 4.93. The van der Waals surface area contributed by atoms with E-state index in [1.165, 1.54) is 16.8 Å². The molecule has 0 spiro atoms. The van der Waals surface area contributed by atoms with Gasteiger partial charge in [0.2, 0.25) is 0 Å². The molecular formula is C17H25N5O3. The van der Waals surface area contributed by atoms with Crippen LogP contribution >= 0.6 is 0 Å². The van der Waals surface area contributed by atoms with E-state index in [1.54, 1.807) is 6.92 Å². The molecule has 1 saturated heterocycles. The summed E-state index contributed by atoms with van der Waals surface area (Å²) in [5.41, 5.74) is 0.167. The van der Waals surface area contributed by atoms with Gasteiger partial charge in [0, 0.05) is 50.2 Å². The lowest BCUT2D eigenvalue weighted by Gasteiger charge is -2.43. The van der Waals surface area contributed by atoms with Crippen LogP contribution in [0.25, 0.3) is 0 Å². The molecule has 8 nitrogen and oxygen atoms in total. The van der Waals surface area contributed by atoms with Gasteiger partial charge < -0.3 is 5.11 Å². The van der Waals surface area contributed by atoms with Gasteiger partial charge in [-0.05, 0) is 27.2 Å². The monoisotopic (exact) mass is 347 g/mol. The molecule has 0 amide bonds. The second kappa shape index (κ2) is 6.61. The maximum atomic E-state index is 12.1. The highest BCUT2D eigenvalue weighted by Gasteiger charge is 2.39. The highest BCUT2D eigenvalue weighted by molar-refractivity contribution is 5.15. The summed E-state index contributed by atoms with van der Waals surface area (Å²) in [7, 11) is 0. The number of hydrogen-bond donors (Lipinski definition) is 2. The molecule has 0 radical (unpaired) electrons. The van der Waals surface area contributed by atoms with Crippen LogP contribution in [0.2, 0.25) is 0 Å². The van der Waals surface area contributed by atoms with E-state index in [0.29, 0.717) is 13.0 Å². The maximum absolute atomic E-state index is 12.1. The Labute approximate surface area is 145 Å². The van der Waals surface area contributed by atoms with Crippen molar-refractivity contribution in [2.45, 2.75) is 51.9 Å². The first-order valence-electron chi connectivity index (χ1n) is 8.59. The van der Waals surface area contributed by atoms with E-state index < -0.39 is 16.9 Å². The van der Waals surface area contributed by atoms with Gasteiger partial charge in [0.25, 0.3) is 5.56 Å². The number of aliphatic hydroxyl groups is 1. The Morgan fingerprint density at radius 3 is 2.80 bits per heavy atom. The number of H-pyrrole nitrogens is 1. The lowest BCUT2D eigenvalue weighted by Crippen LogP contribution is -2.54. The molecule has 1 aliphatic rings. The van der Waals surface area contributed by atoms with Gasteiger partial charge in [0.15, 0.2) is 0 Å². The van der Waals surface area contributed by atoms with Crippen molar-refractivity contribution in [3.05, 3.63) is 50.6 Å². The number of nitrogens with zero attached hydrogens (tertiary/aromatic N) is 4. The summed E-state index contributed by atoms with van der Waals surface area (Å²) in [4.78, 5) is 27.7. The molecule has 8 heteroatoms. The molecule has 3 heterocycles. The molecule has 2 atom stereocenters. The van der Waals surface area contributed by atoms with Crippen molar-refractivity contribution in [1.29, 1.82) is 0 Å². The highest BCUT2D eigenvalue weighted by atomic mass is 16.3. The van der Waals surface area contributed by atoms with Crippen LogP contribution in [0, 0.1) is 6.92 Å². The number of rotatable bonds is 4. The molecule has 3 rings (SSSR count). The molecule has 2 aromatic rings. The van der Waals surface area contributed by atoms with Crippen molar-refractivity contribution in [2.24, 2.45) is 0 Å². The van der Waals surface area contributed by atoms with Crippen LogP contribution in [0.1, 0.15) is 37.6 Å². The smallest absolute Gasteiger partial charge is 0.328 e. The summed E-state index contributed by atoms with van der Waals surface area (Å²) in [5.74, 6) is 0. The van der Waals surface area contributed by atoms with Gasteiger partial charge in [0.05, 0.1) is 17.3 Å². The number of hydrogen-bond acceptors (Lipinski definition) is 5. The zero-order valence-corrected chi connectivity index (χ0v) is 14.9. The number of piperidine rings is 1. The quantitative estimate of drug-likeness (QED) is 0.827. The minimum absolute atomic E-state index is 0.368. The standard InChI is InChI=1S/C17H25N5O3/c1-4-21-10-13(12(2)19-21)9-20-7-5-14(17(3,25)11-20)22-8-6-15(23)18-16(22)24/h6,8,10,14,25H,4-5,7,9,11H2,1-3H3,(H,18,23,24)/t14-,17-/m1/s1. The maximum Gasteiger partial charge on any atom is 0.328 e. The average molecular weight is 347 g/mol. The normalized spacial score (nSPS) is 24.6. The summed E-state index contributed by atoms with van der Waals surface area (Å²) in [5, 5.41) is 15.4. The van der Waals surface area contributed by atoms with Gasteiger partial charge in [-0.25, -0.2) is 4.79 Å². The fourth-order valence-corrected chi connectivity index (χ4v) is 3.62. The number of aromatic amines is 1. The topological polar surface area (TPSA) is 96.2 Å². The number of likely N-dealkylation sites (tertiary alicyclic amines) is 1. The summed E-state index contributed by atoms with van der Waals surface area (Å²) < 4.78 is 3.34. The lowest BCUT2D eigenvalue weighted by molar-refractivity contribution is -0.0603. The van der Waals surface area contributed by atoms with Crippen LogP contribution in [0.3, 0.4) is 0 Å². The molecule has 0 aliphatic carbocycles. The van der Waals surface area contributed by atoms with Crippen LogP contribution in [-0.2, 0) is 13.1 Å². The van der Waals surface area contributed by atoms with Gasteiger partial charge in [-0.1, -0.05) is 0 Å². The summed E-state index contributed by atoms with van der Waals surface area (Å²) in [6.45, 7) is 8.53. The Hall–Kier alpha value is -2.19. The molecule has 0 aromatic carbocycles. The molecule has 1 aliphatic heterocycles. The van der Waals surface area contributed by atoms with E-state index in [-0.39, 0.29) is 6.04 Å². The van der Waals surface area contributed by atoms with Crippen molar-refractivity contribution in [3.63, 3.8) is 0 Å². The Morgan fingerprint density at radius 2 is 2.20 bits per heavy atom. The van der Waals surface area contributed by atoms with Crippen LogP contribution in [0.15, 0.2) is 28.0 Å². The zero-order valence-electron chi connectivity index (χ0n) is 14.9. The van der Waals surface area contributed by atoms with Crippen molar-refractivity contribution >= 4 is 0 Å². The van der Waals surface area contributed by atoms with Gasteiger partial charge in [0.1, 0.15) is 0 Å². The summed E-state index contributed by atoms with van der Waals surface area (Å²) in [6.07, 6.45) is 4.13. The molecule has 0 bridgehead atoms. The molecule has 0 unspecified atom stereocenters. The van der Waals surface area contributed by atoms with E-state index in [4.69, 9.17) is 0 Å². The predicted octanol–water partition coefficient (Wildman–Crippen LogP) is 0.259. The molecule has 25 heavy (non-hydrogen) atoms. The van der Waals surface area contributed by atoms with Crippen molar-refractivity contribution in [1.82, 2.24) is 24.2 Å². The Balaban J connectivity index is 1.77. The van der Waals surface area contributed by atoms with E-state index in [1.807, 2.05) is 17.8 Å². The zero-order chi connectivity index (χ0) is 18.2. The minimum atomic E-state index is -1.07. The molecular weight excluding hydrogens is 322 g/mol. The number of nitrogens with one attached hydrogen (secondary N) is 1. The first-order chi connectivity index (χ1) is 11.8. The third-order valence-electron chi connectivity index (χ3n) is 4.93. The van der Waals surface area contributed by atoms with Crippen LogP contribution in [-0.4, -0.2) is 48.0 Å². The van der Waals surface area contributed by atoms with Crippen molar-refractivity contribution in [2.75, 3.05) is 13.1 Å². The number of β-amino-alcohol motifs (C(OH)–C–C–N with tert-alkyl or cyclic N) is 1. The molecule has 136 valence electrons. The Bertz CT molecular complexity index is 864. The van der Waals surface area contributed by atoms with E-state index in [9.17, 15) is 14.7 Å². The van der Waals surface area contributed by atoms with Crippen LogP contribution in [0.4, 0.5) is 0 Å². The first-order valence-corrected chi connectivity index (χ1v) is 8.59. The summed E-state index contributed by atoms with van der Waals surface area (Å²) >= 11 is 0. The number of aryl methyl sites for hydroxylation is 2. The van der Waals surface area contributed by atoms with Crippen LogP contribution < -0.4 is 11.2 Å². The highest BCUT2D eigenvalue weighted by Crippen LogP contribution is 2.31. The van der Waals surface area contributed by atoms with E-state index in [2.05, 4.69) is 21.9 Å². The van der Waals surface area contributed by atoms with Crippen molar-refractivity contribution < 1.29 is 5.11 Å². The van der Waals surface area contributed by atoms with Gasteiger partial charge in [-0.3, -0.25) is 23.9 Å². The predicted molar refractivity (Wildman–Crippen MR) is 93.5 cm³/mol. The largest absolute Gasteiger partial charge is 0.387 e. The van der Waals surface area contributed by atoms with E-state index in [0.717, 1.165) is 30.9 Å².